The predicted octanol–water partition coefficient (Wildman–Crippen LogP) is 6.50. The summed E-state index contributed by atoms with van der Waals surface area (Å²) < 4.78 is 6.63. The molecule has 1 nitrogen and oxygen atoms in total. The summed E-state index contributed by atoms with van der Waals surface area (Å²) in [4.78, 5) is 1.96. The zero-order valence-electron chi connectivity index (χ0n) is 14.1. The van der Waals surface area contributed by atoms with Gasteiger partial charge in [-0.1, -0.05) is 70.3 Å². The fraction of sp³-hybridized carbons (Fsp3) is 0.875. The first-order valence-electron chi connectivity index (χ1n) is 7.42. The fourth-order valence-electron chi connectivity index (χ4n) is 1.79. The maximum atomic E-state index is 6.63. The molecular formula is C16H33BrOSi. The minimum absolute atomic E-state index is 0.190. The van der Waals surface area contributed by atoms with E-state index in [1.54, 1.807) is 0 Å². The normalized spacial score (nSPS) is 16.1. The SMILES string of the molecule is CCCCC(C)(C)[C@@H](C=CBr)O[Si](C)(C)C(C)(C)C. The molecule has 1 atom stereocenters. The summed E-state index contributed by atoms with van der Waals surface area (Å²) in [6.45, 7) is 18.5. The Kier molecular flexibility index (Phi) is 7.57. The van der Waals surface area contributed by atoms with Gasteiger partial charge in [-0.15, -0.1) is 0 Å². The van der Waals surface area contributed by atoms with Gasteiger partial charge in [0.15, 0.2) is 8.32 Å². The molecule has 0 aliphatic carbocycles. The molecule has 0 spiro atoms. The van der Waals surface area contributed by atoms with Crippen LogP contribution in [0.25, 0.3) is 0 Å². The Morgan fingerprint density at radius 1 is 1.16 bits per heavy atom. The van der Waals surface area contributed by atoms with Crippen LogP contribution < -0.4 is 0 Å². The summed E-state index contributed by atoms with van der Waals surface area (Å²) in [6, 6.07) is 0. The first-order valence-corrected chi connectivity index (χ1v) is 11.2. The largest absolute Gasteiger partial charge is 0.410 e. The van der Waals surface area contributed by atoms with Crippen LogP contribution in [0.15, 0.2) is 11.1 Å². The van der Waals surface area contributed by atoms with Gasteiger partial charge in [0.2, 0.25) is 0 Å². The van der Waals surface area contributed by atoms with Crippen LogP contribution >= 0.6 is 15.9 Å². The lowest BCUT2D eigenvalue weighted by Gasteiger charge is -2.43. The molecular weight excluding hydrogens is 316 g/mol. The second-order valence-electron chi connectivity index (χ2n) is 7.71. The van der Waals surface area contributed by atoms with Crippen LogP contribution in [0.2, 0.25) is 18.1 Å². The molecule has 114 valence electrons. The van der Waals surface area contributed by atoms with E-state index in [1.165, 1.54) is 19.3 Å². The lowest BCUT2D eigenvalue weighted by Crippen LogP contribution is -2.47. The van der Waals surface area contributed by atoms with Crippen LogP contribution in [0.4, 0.5) is 0 Å². The molecule has 0 aromatic rings. The van der Waals surface area contributed by atoms with Gasteiger partial charge in [-0.2, -0.15) is 0 Å². The molecule has 0 aromatic carbocycles. The molecule has 19 heavy (non-hydrogen) atoms. The highest BCUT2D eigenvalue weighted by atomic mass is 79.9. The molecule has 0 aliphatic rings. The molecule has 0 saturated heterocycles. The van der Waals surface area contributed by atoms with E-state index in [1.807, 2.05) is 4.99 Å². The van der Waals surface area contributed by atoms with Crippen molar-refractivity contribution in [1.29, 1.82) is 0 Å². The smallest absolute Gasteiger partial charge is 0.192 e. The second kappa shape index (κ2) is 7.42. The lowest BCUT2D eigenvalue weighted by atomic mass is 9.81. The van der Waals surface area contributed by atoms with Crippen molar-refractivity contribution in [3.8, 4) is 0 Å². The van der Waals surface area contributed by atoms with Gasteiger partial charge < -0.3 is 4.43 Å². The van der Waals surface area contributed by atoms with Gasteiger partial charge in [-0.05, 0) is 41.0 Å². The van der Waals surface area contributed by atoms with Crippen LogP contribution in [0.3, 0.4) is 0 Å². The van der Waals surface area contributed by atoms with Gasteiger partial charge in [-0.25, -0.2) is 0 Å². The second-order valence-corrected chi connectivity index (χ2v) is 13.0. The quantitative estimate of drug-likeness (QED) is 0.477. The van der Waals surface area contributed by atoms with E-state index in [9.17, 15) is 0 Å². The summed E-state index contributed by atoms with van der Waals surface area (Å²) in [5, 5.41) is 0.256. The van der Waals surface area contributed by atoms with Crippen molar-refractivity contribution < 1.29 is 4.43 Å². The van der Waals surface area contributed by atoms with Crippen molar-refractivity contribution in [2.75, 3.05) is 0 Å². The molecule has 0 bridgehead atoms. The van der Waals surface area contributed by atoms with Gasteiger partial charge in [0.25, 0.3) is 0 Å². The van der Waals surface area contributed by atoms with E-state index >= 15 is 0 Å². The Morgan fingerprint density at radius 2 is 1.68 bits per heavy atom. The Balaban J connectivity index is 5.03. The van der Waals surface area contributed by atoms with Crippen molar-refractivity contribution in [3.05, 3.63) is 11.1 Å². The van der Waals surface area contributed by atoms with Crippen LogP contribution in [0, 0.1) is 5.41 Å². The highest BCUT2D eigenvalue weighted by Crippen LogP contribution is 2.41. The summed E-state index contributed by atoms with van der Waals surface area (Å²) >= 11 is 3.42. The van der Waals surface area contributed by atoms with Crippen molar-refractivity contribution in [3.63, 3.8) is 0 Å². The molecule has 0 aliphatic heterocycles. The third-order valence-corrected chi connectivity index (χ3v) is 9.18. The van der Waals surface area contributed by atoms with Crippen LogP contribution in [0.1, 0.15) is 60.8 Å². The molecule has 0 fully saturated rings. The molecule has 0 radical (unpaired) electrons. The van der Waals surface area contributed by atoms with Gasteiger partial charge in [-0.3, -0.25) is 0 Å². The maximum absolute atomic E-state index is 6.63. The average Bonchev–Trinajstić information content (AvgIpc) is 2.24. The number of rotatable bonds is 7. The average molecular weight is 349 g/mol. The van der Waals surface area contributed by atoms with Crippen molar-refractivity contribution in [2.45, 2.75) is 85.0 Å². The number of halogens is 1. The van der Waals surface area contributed by atoms with Gasteiger partial charge in [0.1, 0.15) is 0 Å². The Labute approximate surface area is 130 Å². The molecule has 0 N–H and O–H groups in total. The highest BCUT2D eigenvalue weighted by molar-refractivity contribution is 9.11. The van der Waals surface area contributed by atoms with E-state index in [4.69, 9.17) is 4.43 Å². The highest BCUT2D eigenvalue weighted by Gasteiger charge is 2.41. The summed E-state index contributed by atoms with van der Waals surface area (Å²) in [6.07, 6.45) is 6.09. The Hall–Kier alpha value is 0.397. The van der Waals surface area contributed by atoms with Gasteiger partial charge in [0, 0.05) is 0 Å². The van der Waals surface area contributed by atoms with E-state index in [2.05, 4.69) is 76.6 Å². The topological polar surface area (TPSA) is 9.23 Å². The number of hydrogen-bond donors (Lipinski definition) is 0. The van der Waals surface area contributed by atoms with Crippen LogP contribution in [0.5, 0.6) is 0 Å². The predicted molar refractivity (Wildman–Crippen MR) is 93.4 cm³/mol. The monoisotopic (exact) mass is 348 g/mol. The molecule has 0 heterocycles. The van der Waals surface area contributed by atoms with E-state index in [0.717, 1.165) is 0 Å². The lowest BCUT2D eigenvalue weighted by molar-refractivity contribution is 0.0900. The zero-order valence-corrected chi connectivity index (χ0v) is 16.7. The van der Waals surface area contributed by atoms with Crippen LogP contribution in [-0.4, -0.2) is 14.4 Å². The first-order chi connectivity index (χ1) is 8.48. The third-order valence-electron chi connectivity index (χ3n) is 4.42. The Bertz CT molecular complexity index is 290. The third kappa shape index (κ3) is 6.13. The zero-order chi connectivity index (χ0) is 15.3. The standard InChI is InChI=1S/C16H33BrOSi/c1-9-10-12-16(5,6)14(11-13-17)18-19(7,8)15(2,3)4/h11,13-14H,9-10,12H2,1-8H3/t14-/m1/s1. The molecule has 3 heteroatoms. The molecule has 0 saturated carbocycles. The maximum Gasteiger partial charge on any atom is 0.192 e. The van der Waals surface area contributed by atoms with Crippen molar-refractivity contribution in [2.24, 2.45) is 5.41 Å². The van der Waals surface area contributed by atoms with Crippen molar-refractivity contribution >= 4 is 24.2 Å². The molecule has 0 unspecified atom stereocenters. The van der Waals surface area contributed by atoms with Crippen molar-refractivity contribution in [1.82, 2.24) is 0 Å². The summed E-state index contributed by atoms with van der Waals surface area (Å²) in [5.41, 5.74) is 0.190. The number of unbranched alkanes of at least 4 members (excludes halogenated alkanes) is 1. The minimum Gasteiger partial charge on any atom is -0.410 e. The molecule has 0 rings (SSSR count). The first kappa shape index (κ1) is 19.4. The number of hydrogen-bond acceptors (Lipinski definition) is 1. The summed E-state index contributed by atoms with van der Waals surface area (Å²) in [7, 11) is -1.73. The van der Waals surface area contributed by atoms with E-state index < -0.39 is 8.32 Å². The van der Waals surface area contributed by atoms with Crippen LogP contribution in [-0.2, 0) is 4.43 Å². The van der Waals surface area contributed by atoms with E-state index in [-0.39, 0.29) is 16.6 Å². The summed E-state index contributed by atoms with van der Waals surface area (Å²) in [5.74, 6) is 0. The van der Waals surface area contributed by atoms with E-state index in [0.29, 0.717) is 0 Å². The molecule has 0 aromatic heterocycles. The van der Waals surface area contributed by atoms with Gasteiger partial charge in [0.05, 0.1) is 6.10 Å². The fourth-order valence-corrected chi connectivity index (χ4v) is 3.46. The van der Waals surface area contributed by atoms with Gasteiger partial charge >= 0.3 is 0 Å². The minimum atomic E-state index is -1.73. The molecule has 0 amide bonds. The Morgan fingerprint density at radius 3 is 2.05 bits per heavy atom.